The van der Waals surface area contributed by atoms with Crippen LogP contribution in [-0.4, -0.2) is 22.9 Å². The number of hydrogen-bond acceptors (Lipinski definition) is 2. The largest absolute Gasteiger partial charge is 0.331 e. The Morgan fingerprint density at radius 2 is 1.60 bits per heavy atom. The summed E-state index contributed by atoms with van der Waals surface area (Å²) in [5.74, 6) is 0.347. The monoisotopic (exact) mass is 398 g/mol. The number of likely N-dealkylation sites (tertiary alicyclic amines) is 1. The van der Waals surface area contributed by atoms with Crippen molar-refractivity contribution in [2.75, 3.05) is 0 Å². The fourth-order valence-corrected chi connectivity index (χ4v) is 5.66. The summed E-state index contributed by atoms with van der Waals surface area (Å²) >= 11 is 0. The Kier molecular flexibility index (Phi) is 4.39. The van der Waals surface area contributed by atoms with Crippen LogP contribution in [0.1, 0.15) is 36.9 Å². The van der Waals surface area contributed by atoms with Crippen LogP contribution in [0.25, 0.3) is 0 Å². The molecule has 0 unspecified atom stereocenters. The number of carbonyl (C=O) groups excluding carboxylic acids is 2. The Hall–Kier alpha value is -3.14. The van der Waals surface area contributed by atoms with Crippen molar-refractivity contribution in [2.24, 2.45) is 17.3 Å². The molecule has 0 radical (unpaired) electrons. The SMILES string of the molecule is C[C@H](NC(=O)N1C(=O)C23C=CC(C=C2)[C@@H](c2ccccc2)[C@@H]3[C@H]1C)c1ccccc1. The van der Waals surface area contributed by atoms with Crippen LogP contribution in [0.5, 0.6) is 0 Å². The van der Waals surface area contributed by atoms with Crippen LogP contribution in [0.4, 0.5) is 4.79 Å². The van der Waals surface area contributed by atoms with Crippen molar-refractivity contribution in [1.29, 1.82) is 0 Å². The van der Waals surface area contributed by atoms with Gasteiger partial charge in [0.1, 0.15) is 0 Å². The van der Waals surface area contributed by atoms with E-state index >= 15 is 0 Å². The Morgan fingerprint density at radius 1 is 1.00 bits per heavy atom. The summed E-state index contributed by atoms with van der Waals surface area (Å²) < 4.78 is 0. The van der Waals surface area contributed by atoms with Gasteiger partial charge in [-0.1, -0.05) is 85.0 Å². The molecule has 2 bridgehead atoms. The summed E-state index contributed by atoms with van der Waals surface area (Å²) in [6, 6.07) is 19.5. The summed E-state index contributed by atoms with van der Waals surface area (Å²) in [7, 11) is 0. The van der Waals surface area contributed by atoms with Gasteiger partial charge in [0, 0.05) is 23.8 Å². The van der Waals surface area contributed by atoms with Gasteiger partial charge in [0.2, 0.25) is 5.91 Å². The van der Waals surface area contributed by atoms with Gasteiger partial charge in [0.05, 0.1) is 11.5 Å². The van der Waals surface area contributed by atoms with E-state index in [0.29, 0.717) is 0 Å². The van der Waals surface area contributed by atoms with E-state index < -0.39 is 5.41 Å². The number of hydrogen-bond donors (Lipinski definition) is 1. The lowest BCUT2D eigenvalue weighted by Crippen LogP contribution is -2.46. The first-order valence-corrected chi connectivity index (χ1v) is 10.7. The molecule has 3 amide bonds. The lowest BCUT2D eigenvalue weighted by Gasteiger charge is -2.45. The number of nitrogens with zero attached hydrogens (tertiary/aromatic N) is 1. The molecule has 30 heavy (non-hydrogen) atoms. The van der Waals surface area contributed by atoms with E-state index in [-0.39, 0.29) is 41.8 Å². The molecule has 4 heteroatoms. The molecule has 0 saturated carbocycles. The molecule has 4 atom stereocenters. The number of amides is 3. The predicted molar refractivity (Wildman–Crippen MR) is 117 cm³/mol. The molecule has 4 nitrogen and oxygen atoms in total. The lowest BCUT2D eigenvalue weighted by atomic mass is 9.56. The third-order valence-corrected chi connectivity index (χ3v) is 7.10. The van der Waals surface area contributed by atoms with Gasteiger partial charge in [-0.05, 0) is 25.0 Å². The van der Waals surface area contributed by atoms with E-state index in [9.17, 15) is 9.59 Å². The number of imide groups is 1. The maximum absolute atomic E-state index is 13.6. The average molecular weight is 399 g/mol. The number of urea groups is 1. The highest BCUT2D eigenvalue weighted by Crippen LogP contribution is 2.59. The topological polar surface area (TPSA) is 49.4 Å². The second kappa shape index (κ2) is 6.98. The molecule has 3 aliphatic carbocycles. The van der Waals surface area contributed by atoms with Crippen LogP contribution in [0.15, 0.2) is 85.0 Å². The smallest absolute Gasteiger partial charge is 0.324 e. The van der Waals surface area contributed by atoms with Crippen molar-refractivity contribution in [3.05, 3.63) is 96.1 Å². The van der Waals surface area contributed by atoms with E-state index in [1.54, 1.807) is 0 Å². The number of benzene rings is 2. The third-order valence-electron chi connectivity index (χ3n) is 7.10. The Bertz CT molecular complexity index is 1010. The molecule has 2 aromatic rings. The second-order valence-electron chi connectivity index (χ2n) is 8.69. The highest BCUT2D eigenvalue weighted by atomic mass is 16.2. The summed E-state index contributed by atoms with van der Waals surface area (Å²) in [5, 5.41) is 3.04. The summed E-state index contributed by atoms with van der Waals surface area (Å²) in [6.07, 6.45) is 8.36. The summed E-state index contributed by atoms with van der Waals surface area (Å²) in [5.41, 5.74) is 1.51. The zero-order valence-electron chi connectivity index (χ0n) is 17.2. The first-order valence-electron chi connectivity index (χ1n) is 10.7. The van der Waals surface area contributed by atoms with Crippen LogP contribution in [0, 0.1) is 17.3 Å². The zero-order chi connectivity index (χ0) is 20.9. The van der Waals surface area contributed by atoms with E-state index in [2.05, 4.69) is 29.6 Å². The normalized spacial score (nSPS) is 32.2. The van der Waals surface area contributed by atoms with Crippen LogP contribution in [0.3, 0.4) is 0 Å². The Morgan fingerprint density at radius 3 is 2.23 bits per heavy atom. The van der Waals surface area contributed by atoms with Crippen LogP contribution < -0.4 is 5.32 Å². The third kappa shape index (κ3) is 2.67. The van der Waals surface area contributed by atoms with Crippen LogP contribution in [-0.2, 0) is 4.79 Å². The van der Waals surface area contributed by atoms with Gasteiger partial charge in [-0.2, -0.15) is 0 Å². The molecule has 1 aliphatic heterocycles. The molecule has 6 rings (SSSR count). The Labute approximate surface area is 177 Å². The molecule has 1 N–H and O–H groups in total. The fraction of sp³-hybridized carbons (Fsp3) is 0.308. The molecule has 1 spiro atoms. The molecule has 0 aromatic heterocycles. The van der Waals surface area contributed by atoms with Gasteiger partial charge in [-0.3, -0.25) is 9.69 Å². The number of carbonyl (C=O) groups is 2. The van der Waals surface area contributed by atoms with Crippen molar-refractivity contribution >= 4 is 11.9 Å². The Balaban J connectivity index is 1.47. The quantitative estimate of drug-likeness (QED) is 0.753. The van der Waals surface area contributed by atoms with Crippen LogP contribution >= 0.6 is 0 Å². The summed E-state index contributed by atoms with van der Waals surface area (Å²) in [6.45, 7) is 3.96. The molecule has 1 fully saturated rings. The molecule has 1 saturated heterocycles. The molecular formula is C26H26N2O2. The molecular weight excluding hydrogens is 372 g/mol. The number of allylic oxidation sites excluding steroid dienone is 2. The van der Waals surface area contributed by atoms with E-state index in [4.69, 9.17) is 0 Å². The van der Waals surface area contributed by atoms with Crippen molar-refractivity contribution < 1.29 is 9.59 Å². The van der Waals surface area contributed by atoms with Gasteiger partial charge >= 0.3 is 6.03 Å². The van der Waals surface area contributed by atoms with Crippen molar-refractivity contribution in [3.63, 3.8) is 0 Å². The first-order chi connectivity index (χ1) is 14.5. The van der Waals surface area contributed by atoms with Gasteiger partial charge in [0.25, 0.3) is 0 Å². The predicted octanol–water partition coefficient (Wildman–Crippen LogP) is 4.83. The highest BCUT2D eigenvalue weighted by molar-refractivity contribution is 6.03. The van der Waals surface area contributed by atoms with E-state index in [1.807, 2.05) is 74.5 Å². The van der Waals surface area contributed by atoms with Gasteiger partial charge in [-0.25, -0.2) is 4.79 Å². The second-order valence-corrected chi connectivity index (χ2v) is 8.69. The minimum atomic E-state index is -0.734. The van der Waals surface area contributed by atoms with Gasteiger partial charge < -0.3 is 5.32 Å². The fourth-order valence-electron chi connectivity index (χ4n) is 5.66. The molecule has 1 heterocycles. The standard InChI is InChI=1S/C26H26N2O2/c1-17(19-9-5-3-6-10-19)27-25(30)28-18(2)23-22(20-11-7-4-8-12-20)21-13-15-26(23,16-14-21)24(28)29/h3-18,21-23H,1-2H3,(H,27,30)/t17-,18+,21?,22+,23-,26?/m0/s1. The van der Waals surface area contributed by atoms with Gasteiger partial charge in [-0.15, -0.1) is 0 Å². The van der Waals surface area contributed by atoms with Gasteiger partial charge in [0.15, 0.2) is 0 Å². The zero-order valence-corrected chi connectivity index (χ0v) is 17.2. The molecule has 4 aliphatic rings. The number of rotatable bonds is 3. The van der Waals surface area contributed by atoms with E-state index in [1.165, 1.54) is 10.5 Å². The van der Waals surface area contributed by atoms with Crippen molar-refractivity contribution in [2.45, 2.75) is 31.8 Å². The highest BCUT2D eigenvalue weighted by Gasteiger charge is 2.63. The minimum absolute atomic E-state index is 0.0326. The van der Waals surface area contributed by atoms with Crippen molar-refractivity contribution in [3.8, 4) is 0 Å². The molecule has 152 valence electrons. The maximum Gasteiger partial charge on any atom is 0.324 e. The van der Waals surface area contributed by atoms with E-state index in [0.717, 1.165) is 5.56 Å². The van der Waals surface area contributed by atoms with Crippen LogP contribution in [0.2, 0.25) is 0 Å². The minimum Gasteiger partial charge on any atom is -0.331 e. The van der Waals surface area contributed by atoms with Crippen molar-refractivity contribution in [1.82, 2.24) is 10.2 Å². The first kappa shape index (κ1) is 18.9. The molecule has 2 aromatic carbocycles. The maximum atomic E-state index is 13.6. The number of nitrogens with one attached hydrogen (secondary N) is 1. The average Bonchev–Trinajstić information content (AvgIpc) is 3.02. The summed E-state index contributed by atoms with van der Waals surface area (Å²) in [4.78, 5) is 28.3. The lowest BCUT2D eigenvalue weighted by molar-refractivity contribution is -0.131.